The lowest BCUT2D eigenvalue weighted by molar-refractivity contribution is -0.113. The van der Waals surface area contributed by atoms with Gasteiger partial charge in [0.15, 0.2) is 5.16 Å². The minimum Gasteiger partial charge on any atom is -0.325 e. The lowest BCUT2D eigenvalue weighted by Crippen LogP contribution is -2.24. The highest BCUT2D eigenvalue weighted by Gasteiger charge is 2.18. The van der Waals surface area contributed by atoms with E-state index in [1.54, 1.807) is 34.9 Å². The van der Waals surface area contributed by atoms with Gasteiger partial charge in [-0.25, -0.2) is 0 Å². The van der Waals surface area contributed by atoms with Crippen LogP contribution in [-0.4, -0.2) is 30.8 Å². The largest absolute Gasteiger partial charge is 0.325 e. The van der Waals surface area contributed by atoms with Crippen LogP contribution in [0.1, 0.15) is 5.56 Å². The lowest BCUT2D eigenvalue weighted by atomic mass is 10.2. The highest BCUT2D eigenvalue weighted by atomic mass is 35.5. The molecule has 0 saturated carbocycles. The number of hydrogen-bond donors (Lipinski definition) is 1. The maximum atomic E-state index is 13.3. The van der Waals surface area contributed by atoms with Gasteiger partial charge < -0.3 is 5.32 Å². The molecule has 0 radical (unpaired) electrons. The van der Waals surface area contributed by atoms with Crippen molar-refractivity contribution in [3.8, 4) is 0 Å². The quantitative estimate of drug-likeness (QED) is 0.366. The molecule has 0 saturated heterocycles. The third-order valence-electron chi connectivity index (χ3n) is 5.12. The number of aromatic nitrogens is 4. The van der Waals surface area contributed by atoms with Crippen LogP contribution in [0, 0.1) is 0 Å². The van der Waals surface area contributed by atoms with Gasteiger partial charge in [0.2, 0.25) is 11.7 Å². The molecule has 0 aliphatic rings. The molecule has 0 aliphatic heterocycles. The van der Waals surface area contributed by atoms with Gasteiger partial charge in [-0.1, -0.05) is 65.8 Å². The number of fused-ring (bicyclic) bond motifs is 3. The predicted octanol–water partition coefficient (Wildman–Crippen LogP) is 4.48. The molecule has 0 spiro atoms. The molecule has 164 valence electrons. The first-order valence-electron chi connectivity index (χ1n) is 10.2. The molecular weight excluding hydrogens is 458 g/mol. The molecule has 1 amide bonds. The number of hydrogen-bond acceptors (Lipinski definition) is 5. The van der Waals surface area contributed by atoms with Gasteiger partial charge in [-0.3, -0.25) is 18.6 Å². The summed E-state index contributed by atoms with van der Waals surface area (Å²) in [6.45, 7) is 0.369. The standard InChI is InChI=1S/C24H18ClN5O2S/c25-17-10-12-18(13-11-17)26-21(31)15-33-24-28-27-23-29(14-16-6-2-1-3-7-16)22(32)19-8-4-5-9-20(19)30(23)24/h1-13H,14-15H2,(H,26,31). The Balaban J connectivity index is 1.49. The van der Waals surface area contributed by atoms with E-state index in [1.807, 2.05) is 52.9 Å². The van der Waals surface area contributed by atoms with Crippen LogP contribution in [-0.2, 0) is 11.3 Å². The zero-order chi connectivity index (χ0) is 22.8. The molecule has 0 bridgehead atoms. The Morgan fingerprint density at radius 2 is 1.67 bits per heavy atom. The van der Waals surface area contributed by atoms with Crippen molar-refractivity contribution in [1.82, 2.24) is 19.2 Å². The SMILES string of the molecule is O=C(CSc1nnc2n(Cc3ccccc3)c(=O)c3ccccc3n12)Nc1ccc(Cl)cc1. The van der Waals surface area contributed by atoms with Crippen LogP contribution in [0.2, 0.25) is 5.02 Å². The minimum atomic E-state index is -0.180. The molecule has 3 aromatic carbocycles. The van der Waals surface area contributed by atoms with Gasteiger partial charge in [0.05, 0.1) is 23.2 Å². The third kappa shape index (κ3) is 4.35. The molecule has 9 heteroatoms. The van der Waals surface area contributed by atoms with E-state index in [0.29, 0.717) is 39.1 Å². The Morgan fingerprint density at radius 1 is 0.939 bits per heavy atom. The second kappa shape index (κ2) is 9.09. The fraction of sp³-hybridized carbons (Fsp3) is 0.0833. The highest BCUT2D eigenvalue weighted by Crippen LogP contribution is 2.22. The zero-order valence-electron chi connectivity index (χ0n) is 17.3. The van der Waals surface area contributed by atoms with E-state index in [-0.39, 0.29) is 17.2 Å². The fourth-order valence-electron chi connectivity index (χ4n) is 3.60. The summed E-state index contributed by atoms with van der Waals surface area (Å²) in [5.74, 6) is 0.388. The minimum absolute atomic E-state index is 0.133. The first kappa shape index (κ1) is 21.2. The average molecular weight is 476 g/mol. The normalized spacial score (nSPS) is 11.2. The van der Waals surface area contributed by atoms with Crippen molar-refractivity contribution in [3.63, 3.8) is 0 Å². The predicted molar refractivity (Wildman–Crippen MR) is 131 cm³/mol. The molecule has 2 heterocycles. The number of carbonyl (C=O) groups excluding carboxylic acids is 1. The van der Waals surface area contributed by atoms with Gasteiger partial charge in [0, 0.05) is 10.7 Å². The number of amides is 1. The number of para-hydroxylation sites is 1. The Morgan fingerprint density at radius 3 is 2.45 bits per heavy atom. The number of rotatable bonds is 6. The number of thioether (sulfide) groups is 1. The number of nitrogens with one attached hydrogen (secondary N) is 1. The topological polar surface area (TPSA) is 81.3 Å². The molecule has 1 N–H and O–H groups in total. The zero-order valence-corrected chi connectivity index (χ0v) is 18.9. The lowest BCUT2D eigenvalue weighted by Gasteiger charge is -2.11. The molecule has 5 aromatic rings. The monoisotopic (exact) mass is 475 g/mol. The van der Waals surface area contributed by atoms with Gasteiger partial charge in [0.1, 0.15) is 0 Å². The summed E-state index contributed by atoms with van der Waals surface area (Å²) in [7, 11) is 0. The Kier molecular flexibility index (Phi) is 5.85. The van der Waals surface area contributed by atoms with Crippen molar-refractivity contribution >= 4 is 51.6 Å². The van der Waals surface area contributed by atoms with Crippen molar-refractivity contribution in [3.05, 3.63) is 99.8 Å². The summed E-state index contributed by atoms with van der Waals surface area (Å²) in [5.41, 5.74) is 2.22. The van der Waals surface area contributed by atoms with Gasteiger partial charge in [-0.2, -0.15) is 0 Å². The van der Waals surface area contributed by atoms with E-state index in [0.717, 1.165) is 5.56 Å². The number of benzene rings is 3. The Bertz CT molecular complexity index is 1510. The summed E-state index contributed by atoms with van der Waals surface area (Å²) in [6, 6.07) is 24.0. The molecule has 5 rings (SSSR count). The maximum Gasteiger partial charge on any atom is 0.263 e. The molecule has 0 fully saturated rings. The van der Waals surface area contributed by atoms with E-state index in [4.69, 9.17) is 11.6 Å². The van der Waals surface area contributed by atoms with Crippen LogP contribution < -0.4 is 10.9 Å². The molecule has 7 nitrogen and oxygen atoms in total. The van der Waals surface area contributed by atoms with Crippen LogP contribution in [0.3, 0.4) is 0 Å². The van der Waals surface area contributed by atoms with Crippen molar-refractivity contribution in [1.29, 1.82) is 0 Å². The van der Waals surface area contributed by atoms with E-state index < -0.39 is 0 Å². The van der Waals surface area contributed by atoms with E-state index in [1.165, 1.54) is 11.8 Å². The Labute approximate surface area is 198 Å². The third-order valence-corrected chi connectivity index (χ3v) is 6.30. The van der Waals surface area contributed by atoms with Gasteiger partial charge in [0.25, 0.3) is 5.56 Å². The number of nitrogens with zero attached hydrogens (tertiary/aromatic N) is 4. The van der Waals surface area contributed by atoms with Gasteiger partial charge in [-0.05, 0) is 42.0 Å². The summed E-state index contributed by atoms with van der Waals surface area (Å²) in [6.07, 6.45) is 0. The van der Waals surface area contributed by atoms with Crippen LogP contribution >= 0.6 is 23.4 Å². The van der Waals surface area contributed by atoms with Crippen LogP contribution in [0.5, 0.6) is 0 Å². The Hall–Kier alpha value is -3.62. The fourth-order valence-corrected chi connectivity index (χ4v) is 4.46. The van der Waals surface area contributed by atoms with Crippen molar-refractivity contribution < 1.29 is 4.79 Å². The van der Waals surface area contributed by atoms with Crippen LogP contribution in [0.25, 0.3) is 16.7 Å². The number of halogens is 1. The smallest absolute Gasteiger partial charge is 0.263 e. The van der Waals surface area contributed by atoms with E-state index in [2.05, 4.69) is 15.5 Å². The number of carbonyl (C=O) groups is 1. The van der Waals surface area contributed by atoms with Crippen LogP contribution in [0.4, 0.5) is 5.69 Å². The second-order valence-corrected chi connectivity index (χ2v) is 8.73. The first-order chi connectivity index (χ1) is 16.1. The van der Waals surface area contributed by atoms with Crippen molar-refractivity contribution in [2.45, 2.75) is 11.7 Å². The van der Waals surface area contributed by atoms with Gasteiger partial charge in [-0.15, -0.1) is 10.2 Å². The molecule has 2 aromatic heterocycles. The molecule has 0 unspecified atom stereocenters. The van der Waals surface area contributed by atoms with E-state index in [9.17, 15) is 9.59 Å². The summed E-state index contributed by atoms with van der Waals surface area (Å²) in [4.78, 5) is 25.7. The molecule has 0 atom stereocenters. The highest BCUT2D eigenvalue weighted by molar-refractivity contribution is 7.99. The van der Waals surface area contributed by atoms with Gasteiger partial charge >= 0.3 is 0 Å². The number of anilines is 1. The van der Waals surface area contributed by atoms with Crippen molar-refractivity contribution in [2.24, 2.45) is 0 Å². The maximum absolute atomic E-state index is 13.3. The van der Waals surface area contributed by atoms with Crippen LogP contribution in [0.15, 0.2) is 88.8 Å². The molecular formula is C24H18ClN5O2S. The summed E-state index contributed by atoms with van der Waals surface area (Å²) >= 11 is 7.15. The molecule has 0 aliphatic carbocycles. The first-order valence-corrected chi connectivity index (χ1v) is 11.6. The second-order valence-electron chi connectivity index (χ2n) is 7.36. The average Bonchev–Trinajstić information content (AvgIpc) is 3.27. The van der Waals surface area contributed by atoms with E-state index >= 15 is 0 Å². The summed E-state index contributed by atoms with van der Waals surface area (Å²) in [5, 5.41) is 13.1. The molecule has 33 heavy (non-hydrogen) atoms. The summed E-state index contributed by atoms with van der Waals surface area (Å²) < 4.78 is 3.45. The van der Waals surface area contributed by atoms with Crippen molar-refractivity contribution in [2.75, 3.05) is 11.1 Å².